The lowest BCUT2D eigenvalue weighted by Crippen LogP contribution is -2.64. The minimum absolute atomic E-state index is 0.0335. The maximum Gasteiger partial charge on any atom is 0.355 e. The van der Waals surface area contributed by atoms with Crippen LogP contribution in [0.1, 0.15) is 80.5 Å². The van der Waals surface area contributed by atoms with Gasteiger partial charge in [0.15, 0.2) is 22.5 Å². The number of ether oxygens (including phenoxy) is 2. The number of aromatic nitrogens is 6. The molecule has 3 N–H and O–H groups in total. The molecule has 1 aromatic carbocycles. The smallest absolute Gasteiger partial charge is 0.355 e. The molecular formula is C42H53N9O4S. The minimum Gasteiger partial charge on any atom is -0.476 e. The van der Waals surface area contributed by atoms with Crippen LogP contribution in [0.3, 0.4) is 0 Å². The van der Waals surface area contributed by atoms with Crippen LogP contribution in [-0.2, 0) is 16.0 Å². The quantitative estimate of drug-likeness (QED) is 0.0834. The van der Waals surface area contributed by atoms with Crippen LogP contribution in [0.25, 0.3) is 21.3 Å². The van der Waals surface area contributed by atoms with Crippen LogP contribution in [-0.4, -0.2) is 87.1 Å². The van der Waals surface area contributed by atoms with Gasteiger partial charge in [-0.15, -0.1) is 10.2 Å². The Balaban J connectivity index is 0.992. The molecule has 4 bridgehead atoms. The van der Waals surface area contributed by atoms with Crippen molar-refractivity contribution in [2.24, 2.45) is 16.2 Å². The molecule has 4 aliphatic rings. The third-order valence-electron chi connectivity index (χ3n) is 12.2. The highest BCUT2D eigenvalue weighted by Crippen LogP contribution is 2.72. The molecule has 0 saturated heterocycles. The summed E-state index contributed by atoms with van der Waals surface area (Å²) in [6.07, 6.45) is 9.56. The molecule has 2 unspecified atom stereocenters. The van der Waals surface area contributed by atoms with Gasteiger partial charge in [0.25, 0.3) is 0 Å². The number of methoxy groups -OCH3 is 1. The zero-order valence-electron chi connectivity index (χ0n) is 33.3. The largest absolute Gasteiger partial charge is 0.476 e. The number of para-hydroxylation sites is 1. The number of rotatable bonds is 16. The van der Waals surface area contributed by atoms with E-state index >= 15 is 0 Å². The number of nitrogens with zero attached hydrogens (tertiary/aromatic N) is 7. The molecule has 4 aliphatic carbocycles. The molecular weight excluding hydrogens is 727 g/mol. The van der Waals surface area contributed by atoms with Crippen molar-refractivity contribution in [1.82, 2.24) is 35.3 Å². The number of carboxylic acid groups (broad SMARTS) is 1. The number of hydrogen-bond donors (Lipinski definition) is 3. The molecule has 0 amide bonds. The van der Waals surface area contributed by atoms with Gasteiger partial charge in [-0.1, -0.05) is 37.3 Å². The fraction of sp³-hybridized carbons (Fsp3) is 0.524. The highest BCUT2D eigenvalue weighted by atomic mass is 32.1. The molecule has 0 spiro atoms. The van der Waals surface area contributed by atoms with Gasteiger partial charge in [0.05, 0.1) is 28.6 Å². The molecule has 4 fully saturated rings. The van der Waals surface area contributed by atoms with Crippen molar-refractivity contribution >= 4 is 50.1 Å². The van der Waals surface area contributed by atoms with E-state index in [9.17, 15) is 9.90 Å². The maximum atomic E-state index is 12.8. The number of anilines is 4. The van der Waals surface area contributed by atoms with E-state index < -0.39 is 5.97 Å². The van der Waals surface area contributed by atoms with Crippen LogP contribution >= 0.6 is 11.3 Å². The van der Waals surface area contributed by atoms with Gasteiger partial charge in [-0.05, 0) is 117 Å². The monoisotopic (exact) mass is 779 g/mol. The lowest BCUT2D eigenvalue weighted by molar-refractivity contribution is -0.247. The van der Waals surface area contributed by atoms with Gasteiger partial charge < -0.3 is 30.1 Å². The van der Waals surface area contributed by atoms with E-state index in [0.29, 0.717) is 29.6 Å². The SMILES string of the molecule is COCCCNCCOC12CC3(C)CC(C)(CC(Cn4ncc(-c5ccc(N(C)c6cc(C)c(Nc7nc8ccccc8s7)nn6)nc5C(=O)O)c4C)(C3)C1)C2. The zero-order chi connectivity index (χ0) is 39.3. The number of carboxylic acids is 1. The van der Waals surface area contributed by atoms with Crippen molar-refractivity contribution in [2.75, 3.05) is 50.7 Å². The molecule has 56 heavy (non-hydrogen) atoms. The molecule has 9 rings (SSSR count). The van der Waals surface area contributed by atoms with Crippen molar-refractivity contribution in [1.29, 1.82) is 0 Å². The molecule has 0 aliphatic heterocycles. The molecule has 0 radical (unpaired) electrons. The Hall–Kier alpha value is -4.50. The predicted octanol–water partition coefficient (Wildman–Crippen LogP) is 7.93. The Morgan fingerprint density at radius 1 is 0.946 bits per heavy atom. The van der Waals surface area contributed by atoms with E-state index in [1.807, 2.05) is 63.4 Å². The Labute approximate surface area is 332 Å². The number of aryl methyl sites for hydroxylation is 1. The normalized spacial score (nSPS) is 25.2. The average Bonchev–Trinajstić information content (AvgIpc) is 3.71. The summed E-state index contributed by atoms with van der Waals surface area (Å²) in [4.78, 5) is 23.8. The van der Waals surface area contributed by atoms with Crippen LogP contribution < -0.4 is 15.5 Å². The average molecular weight is 780 g/mol. The molecule has 4 saturated carbocycles. The van der Waals surface area contributed by atoms with Crippen molar-refractivity contribution in [3.8, 4) is 11.1 Å². The second-order valence-corrected chi connectivity index (χ2v) is 18.4. The van der Waals surface area contributed by atoms with Gasteiger partial charge >= 0.3 is 5.97 Å². The first-order valence-corrected chi connectivity index (χ1v) is 20.4. The topological polar surface area (TPSA) is 152 Å². The van der Waals surface area contributed by atoms with Crippen molar-refractivity contribution < 1.29 is 19.4 Å². The van der Waals surface area contributed by atoms with Gasteiger partial charge in [0.1, 0.15) is 5.82 Å². The zero-order valence-corrected chi connectivity index (χ0v) is 34.1. The van der Waals surface area contributed by atoms with Crippen LogP contribution in [0.4, 0.5) is 22.6 Å². The summed E-state index contributed by atoms with van der Waals surface area (Å²) in [5, 5.41) is 31.8. The van der Waals surface area contributed by atoms with Crippen molar-refractivity contribution in [2.45, 2.75) is 84.8 Å². The minimum atomic E-state index is -1.10. The Morgan fingerprint density at radius 3 is 2.46 bits per heavy atom. The summed E-state index contributed by atoms with van der Waals surface area (Å²) in [6, 6.07) is 13.5. The molecule has 4 heterocycles. The van der Waals surface area contributed by atoms with Crippen molar-refractivity contribution in [3.05, 3.63) is 65.6 Å². The molecule has 4 aromatic heterocycles. The maximum absolute atomic E-state index is 12.8. The first-order chi connectivity index (χ1) is 26.8. The first-order valence-electron chi connectivity index (χ1n) is 19.6. The highest BCUT2D eigenvalue weighted by Gasteiger charge is 2.66. The summed E-state index contributed by atoms with van der Waals surface area (Å²) in [5.41, 5.74) is 4.37. The van der Waals surface area contributed by atoms with Crippen LogP contribution in [0.15, 0.2) is 48.7 Å². The molecule has 13 nitrogen and oxygen atoms in total. The van der Waals surface area contributed by atoms with E-state index in [0.717, 1.165) is 96.9 Å². The van der Waals surface area contributed by atoms with Gasteiger partial charge in [0, 0.05) is 50.7 Å². The number of hydrogen-bond acceptors (Lipinski definition) is 12. The molecule has 2 atom stereocenters. The van der Waals surface area contributed by atoms with Gasteiger partial charge in [-0.25, -0.2) is 14.8 Å². The van der Waals surface area contributed by atoms with E-state index in [4.69, 9.17) is 14.6 Å². The Kier molecular flexibility index (Phi) is 10.1. The van der Waals surface area contributed by atoms with Crippen molar-refractivity contribution in [3.63, 3.8) is 0 Å². The van der Waals surface area contributed by atoms with E-state index in [1.165, 1.54) is 6.42 Å². The van der Waals surface area contributed by atoms with Gasteiger partial charge in [-0.3, -0.25) is 4.68 Å². The van der Waals surface area contributed by atoms with E-state index in [1.54, 1.807) is 29.5 Å². The molecule has 5 aromatic rings. The number of pyridine rings is 1. The van der Waals surface area contributed by atoms with Crippen LogP contribution in [0, 0.1) is 30.1 Å². The summed E-state index contributed by atoms with van der Waals surface area (Å²) in [6.45, 7) is 12.9. The van der Waals surface area contributed by atoms with Gasteiger partial charge in [-0.2, -0.15) is 5.10 Å². The number of thiazole rings is 1. The lowest BCUT2D eigenvalue weighted by Gasteiger charge is -2.69. The van der Waals surface area contributed by atoms with E-state index in [-0.39, 0.29) is 27.5 Å². The van der Waals surface area contributed by atoms with Crippen LogP contribution in [0.5, 0.6) is 0 Å². The number of nitrogens with one attached hydrogen (secondary N) is 2. The standard InChI is InChI=1S/C42H53N9O4S/c1-27-18-34(48-49-36(27)47-38-45-31-10-7-8-11-32(31)56-38)50(5)33-13-12-29(35(46-33)37(52)53)30-19-44-51(28(30)2)26-41-21-39(3)20-40(4,22-41)24-42(23-39,25-41)55-17-15-43-14-9-16-54-6/h7-8,10-13,18-19,43H,9,14-17,20-26H2,1-6H3,(H,52,53)(H,45,47,49). The highest BCUT2D eigenvalue weighted by molar-refractivity contribution is 7.22. The molecule has 296 valence electrons. The summed E-state index contributed by atoms with van der Waals surface area (Å²) in [7, 11) is 3.55. The third-order valence-corrected chi connectivity index (χ3v) is 13.1. The van der Waals surface area contributed by atoms with Crippen LogP contribution in [0.2, 0.25) is 0 Å². The Bertz CT molecular complexity index is 2200. The first kappa shape index (κ1) is 38.4. The second-order valence-electron chi connectivity index (χ2n) is 17.4. The van der Waals surface area contributed by atoms with Gasteiger partial charge in [0.2, 0.25) is 0 Å². The summed E-state index contributed by atoms with van der Waals surface area (Å²) in [5.74, 6) is 0.483. The third kappa shape index (κ3) is 7.51. The fourth-order valence-corrected chi connectivity index (χ4v) is 11.9. The number of fused-ring (bicyclic) bond motifs is 1. The predicted molar refractivity (Wildman–Crippen MR) is 219 cm³/mol. The fourth-order valence-electron chi connectivity index (χ4n) is 11.1. The summed E-state index contributed by atoms with van der Waals surface area (Å²) >= 11 is 1.55. The number of aromatic carboxylic acids is 1. The number of benzene rings is 1. The summed E-state index contributed by atoms with van der Waals surface area (Å²) < 4.78 is 15.3. The molecule has 14 heteroatoms. The second kappa shape index (κ2) is 14.8. The number of carbonyl (C=O) groups is 1. The Morgan fingerprint density at radius 2 is 1.73 bits per heavy atom. The van der Waals surface area contributed by atoms with E-state index in [2.05, 4.69) is 49.3 Å². The lowest BCUT2D eigenvalue weighted by atomic mass is 9.39.